The van der Waals surface area contributed by atoms with Gasteiger partial charge in [0, 0.05) is 19.5 Å². The summed E-state index contributed by atoms with van der Waals surface area (Å²) in [4.78, 5) is 29.3. The van der Waals surface area contributed by atoms with Gasteiger partial charge in [-0.1, -0.05) is 49.6 Å². The van der Waals surface area contributed by atoms with Gasteiger partial charge in [0.25, 0.3) is 5.92 Å². The number of carbonyl (C=O) groups is 2. The molecule has 6 nitrogen and oxygen atoms in total. The van der Waals surface area contributed by atoms with Gasteiger partial charge in [-0.3, -0.25) is 9.59 Å². The quantitative estimate of drug-likeness (QED) is 0.559. The summed E-state index contributed by atoms with van der Waals surface area (Å²) < 4.78 is 29.0. The Morgan fingerprint density at radius 2 is 1.88 bits per heavy atom. The number of hydrogen-bond donors (Lipinski definition) is 2. The van der Waals surface area contributed by atoms with Crippen LogP contribution in [0.25, 0.3) is 0 Å². The van der Waals surface area contributed by atoms with E-state index < -0.39 is 24.6 Å². The van der Waals surface area contributed by atoms with Crippen LogP contribution in [0.15, 0.2) is 30.3 Å². The van der Waals surface area contributed by atoms with Gasteiger partial charge >= 0.3 is 0 Å². The van der Waals surface area contributed by atoms with Crippen molar-refractivity contribution in [1.82, 2.24) is 20.4 Å². The maximum Gasteiger partial charge on any atom is 0.267 e. The lowest BCUT2D eigenvalue weighted by Gasteiger charge is -2.35. The fourth-order valence-electron chi connectivity index (χ4n) is 5.15. The molecule has 0 aromatic heterocycles. The van der Waals surface area contributed by atoms with Gasteiger partial charge in [-0.25, -0.2) is 8.78 Å². The lowest BCUT2D eigenvalue weighted by atomic mass is 9.83. The summed E-state index contributed by atoms with van der Waals surface area (Å²) in [5.74, 6) is -3.54. The molecule has 1 heterocycles. The molecule has 2 N–H and O–H groups in total. The van der Waals surface area contributed by atoms with Crippen LogP contribution >= 0.6 is 0 Å². The number of amides is 2. The molecule has 2 atom stereocenters. The monoisotopic (exact) mass is 464 g/mol. The topological polar surface area (TPSA) is 64.7 Å². The number of halogens is 2. The lowest BCUT2D eigenvalue weighted by molar-refractivity contribution is -0.140. The highest BCUT2D eigenvalue weighted by Crippen LogP contribution is 2.35. The zero-order valence-electron chi connectivity index (χ0n) is 19.9. The highest BCUT2D eigenvalue weighted by atomic mass is 19.3. The molecule has 2 unspecified atom stereocenters. The molecule has 1 saturated heterocycles. The van der Waals surface area contributed by atoms with Crippen molar-refractivity contribution in [3.63, 3.8) is 0 Å². The van der Waals surface area contributed by atoms with Crippen molar-refractivity contribution in [3.8, 4) is 0 Å². The fraction of sp³-hybridized carbons (Fsp3) is 0.680. The molecule has 1 aromatic rings. The van der Waals surface area contributed by atoms with Crippen LogP contribution in [0.1, 0.15) is 44.1 Å². The molecule has 0 radical (unpaired) electrons. The predicted molar refractivity (Wildman–Crippen MR) is 125 cm³/mol. The number of nitrogens with one attached hydrogen (secondary N) is 2. The number of hydrogen-bond acceptors (Lipinski definition) is 4. The first kappa shape index (κ1) is 25.6. The van der Waals surface area contributed by atoms with Crippen LogP contribution in [0.3, 0.4) is 0 Å². The van der Waals surface area contributed by atoms with Crippen LogP contribution in [0.4, 0.5) is 8.78 Å². The van der Waals surface area contributed by atoms with Gasteiger partial charge in [0.05, 0.1) is 19.1 Å². The lowest BCUT2D eigenvalue weighted by Crippen LogP contribution is -2.56. The summed E-state index contributed by atoms with van der Waals surface area (Å²) in [6.07, 6.45) is 5.26. The Labute approximate surface area is 196 Å². The second-order valence-corrected chi connectivity index (χ2v) is 9.65. The molecule has 2 amide bonds. The standard InChI is InChI=1S/C25H38F2N4O2/c1-28-16-22(32)29-23(20-11-7-4-8-12-20)24(33)31-18-25(26,27)15-21(31)17-30(2)14-13-19-9-5-3-6-10-19/h3,5-6,9-10,20-21,23,28H,4,7-8,11-18H2,1-2H3,(H,29,32). The summed E-state index contributed by atoms with van der Waals surface area (Å²) in [7, 11) is 3.58. The molecule has 184 valence electrons. The molecule has 0 bridgehead atoms. The molecule has 1 saturated carbocycles. The Kier molecular flexibility index (Phi) is 9.20. The minimum Gasteiger partial charge on any atom is -0.343 e. The first-order chi connectivity index (χ1) is 15.8. The van der Waals surface area contributed by atoms with Crippen molar-refractivity contribution in [2.75, 3.05) is 40.3 Å². The number of rotatable bonds is 10. The zero-order chi connectivity index (χ0) is 23.8. The van der Waals surface area contributed by atoms with E-state index in [1.165, 1.54) is 10.5 Å². The number of nitrogens with zero attached hydrogens (tertiary/aromatic N) is 2. The third-order valence-corrected chi connectivity index (χ3v) is 6.85. The van der Waals surface area contributed by atoms with E-state index >= 15 is 0 Å². The van der Waals surface area contributed by atoms with Gasteiger partial charge < -0.3 is 20.4 Å². The highest BCUT2D eigenvalue weighted by molar-refractivity contribution is 5.89. The second-order valence-electron chi connectivity index (χ2n) is 9.65. The van der Waals surface area contributed by atoms with Gasteiger partial charge in [0.1, 0.15) is 6.04 Å². The van der Waals surface area contributed by atoms with E-state index in [0.29, 0.717) is 6.54 Å². The molecule has 8 heteroatoms. The molecular formula is C25H38F2N4O2. The summed E-state index contributed by atoms with van der Waals surface area (Å²) in [6.45, 7) is 0.627. The Hall–Kier alpha value is -2.06. The number of carbonyl (C=O) groups excluding carboxylic acids is 2. The number of benzene rings is 1. The van der Waals surface area contributed by atoms with Crippen molar-refractivity contribution in [1.29, 1.82) is 0 Å². The second kappa shape index (κ2) is 11.9. The predicted octanol–water partition coefficient (Wildman–Crippen LogP) is 2.68. The molecule has 3 rings (SSSR count). The van der Waals surface area contributed by atoms with Crippen molar-refractivity contribution < 1.29 is 18.4 Å². The van der Waals surface area contributed by atoms with Gasteiger partial charge in [0.2, 0.25) is 11.8 Å². The van der Waals surface area contributed by atoms with E-state index in [0.717, 1.165) is 45.1 Å². The first-order valence-electron chi connectivity index (χ1n) is 12.1. The molecule has 1 aliphatic carbocycles. The summed E-state index contributed by atoms with van der Waals surface area (Å²) in [6, 6.07) is 8.74. The van der Waals surface area contributed by atoms with Crippen molar-refractivity contribution in [2.45, 2.75) is 63.0 Å². The van der Waals surface area contributed by atoms with E-state index in [2.05, 4.69) is 22.8 Å². The summed E-state index contributed by atoms with van der Waals surface area (Å²) in [5.41, 5.74) is 1.19. The van der Waals surface area contributed by atoms with Crippen LogP contribution in [-0.2, 0) is 16.0 Å². The maximum absolute atomic E-state index is 14.5. The van der Waals surface area contributed by atoms with E-state index in [9.17, 15) is 18.4 Å². The number of likely N-dealkylation sites (tertiary alicyclic amines) is 1. The van der Waals surface area contributed by atoms with Crippen LogP contribution in [-0.4, -0.2) is 79.9 Å². The molecule has 1 aromatic carbocycles. The average Bonchev–Trinajstić information content (AvgIpc) is 3.11. The van der Waals surface area contributed by atoms with Crippen molar-refractivity contribution >= 4 is 11.8 Å². The third-order valence-electron chi connectivity index (χ3n) is 6.85. The zero-order valence-corrected chi connectivity index (χ0v) is 19.9. The molecular weight excluding hydrogens is 426 g/mol. The van der Waals surface area contributed by atoms with Gasteiger partial charge in [-0.05, 0) is 44.8 Å². The third kappa shape index (κ3) is 7.47. The molecule has 1 aliphatic heterocycles. The minimum absolute atomic E-state index is 0.00209. The van der Waals surface area contributed by atoms with E-state index in [1.807, 2.05) is 30.1 Å². The Morgan fingerprint density at radius 1 is 1.18 bits per heavy atom. The molecule has 2 fully saturated rings. The Bertz CT molecular complexity index is 771. The Balaban J connectivity index is 1.68. The van der Waals surface area contributed by atoms with E-state index in [-0.39, 0.29) is 30.7 Å². The maximum atomic E-state index is 14.5. The number of likely N-dealkylation sites (N-methyl/N-ethyl adjacent to an activating group) is 2. The fourth-order valence-corrected chi connectivity index (χ4v) is 5.15. The van der Waals surface area contributed by atoms with Gasteiger partial charge in [-0.2, -0.15) is 0 Å². The average molecular weight is 465 g/mol. The number of alkyl halides is 2. The van der Waals surface area contributed by atoms with Crippen LogP contribution in [0.2, 0.25) is 0 Å². The van der Waals surface area contributed by atoms with E-state index in [4.69, 9.17) is 0 Å². The van der Waals surface area contributed by atoms with Crippen LogP contribution in [0.5, 0.6) is 0 Å². The van der Waals surface area contributed by atoms with Crippen molar-refractivity contribution in [2.24, 2.45) is 5.92 Å². The first-order valence-corrected chi connectivity index (χ1v) is 12.1. The normalized spacial score (nSPS) is 21.8. The molecule has 0 spiro atoms. The Morgan fingerprint density at radius 3 is 2.55 bits per heavy atom. The van der Waals surface area contributed by atoms with Crippen LogP contribution < -0.4 is 10.6 Å². The SMILES string of the molecule is CNCC(=O)NC(C(=O)N1CC(F)(F)CC1CN(C)CCc1ccccc1)C1CCCCC1. The van der Waals surface area contributed by atoms with Gasteiger partial charge in [0.15, 0.2) is 0 Å². The summed E-state index contributed by atoms with van der Waals surface area (Å²) >= 11 is 0. The van der Waals surface area contributed by atoms with E-state index in [1.54, 1.807) is 7.05 Å². The van der Waals surface area contributed by atoms with Gasteiger partial charge in [-0.15, -0.1) is 0 Å². The highest BCUT2D eigenvalue weighted by Gasteiger charge is 2.49. The minimum atomic E-state index is -2.91. The molecule has 2 aliphatic rings. The molecule has 33 heavy (non-hydrogen) atoms. The summed E-state index contributed by atoms with van der Waals surface area (Å²) in [5, 5.41) is 5.66. The largest absolute Gasteiger partial charge is 0.343 e. The van der Waals surface area contributed by atoms with Crippen molar-refractivity contribution in [3.05, 3.63) is 35.9 Å². The van der Waals surface area contributed by atoms with Crippen LogP contribution in [0, 0.1) is 5.92 Å². The smallest absolute Gasteiger partial charge is 0.267 e.